The normalized spacial score (nSPS) is 15.6. The van der Waals surface area contributed by atoms with E-state index < -0.39 is 0 Å². The summed E-state index contributed by atoms with van der Waals surface area (Å²) in [6.07, 6.45) is 0.00397. The van der Waals surface area contributed by atoms with Crippen LogP contribution in [-0.2, 0) is 4.79 Å². The van der Waals surface area contributed by atoms with Crippen molar-refractivity contribution in [2.24, 2.45) is 0 Å². The lowest BCUT2D eigenvalue weighted by molar-refractivity contribution is -0.121. The molecule has 24 heavy (non-hydrogen) atoms. The molecule has 3 rings (SSSR count). The van der Waals surface area contributed by atoms with Crippen molar-refractivity contribution in [1.29, 1.82) is 0 Å². The molecule has 6 nitrogen and oxygen atoms in total. The lowest BCUT2D eigenvalue weighted by atomic mass is 10.2. The molecule has 1 aromatic carbocycles. The summed E-state index contributed by atoms with van der Waals surface area (Å²) in [6, 6.07) is 9.19. The second-order valence-corrected chi connectivity index (χ2v) is 6.10. The van der Waals surface area contributed by atoms with Gasteiger partial charge in [-0.3, -0.25) is 9.59 Å². The number of rotatable bonds is 6. The molecule has 7 heteroatoms. The van der Waals surface area contributed by atoms with Crippen molar-refractivity contribution in [3.05, 3.63) is 46.7 Å². The number of para-hydroxylation sites is 2. The van der Waals surface area contributed by atoms with E-state index in [1.54, 1.807) is 11.4 Å². The van der Waals surface area contributed by atoms with Gasteiger partial charge in [0.05, 0.1) is 6.54 Å². The molecule has 2 heterocycles. The van der Waals surface area contributed by atoms with Gasteiger partial charge < -0.3 is 20.1 Å². The first-order chi connectivity index (χ1) is 11.7. The van der Waals surface area contributed by atoms with Crippen LogP contribution >= 0.6 is 11.3 Å². The predicted molar refractivity (Wildman–Crippen MR) is 90.6 cm³/mol. The van der Waals surface area contributed by atoms with Crippen LogP contribution in [0.15, 0.2) is 41.1 Å². The van der Waals surface area contributed by atoms with Gasteiger partial charge in [-0.25, -0.2) is 0 Å². The van der Waals surface area contributed by atoms with Gasteiger partial charge in [0.15, 0.2) is 11.5 Å². The third-order valence-corrected chi connectivity index (χ3v) is 4.20. The molecule has 0 saturated carbocycles. The van der Waals surface area contributed by atoms with E-state index in [9.17, 15) is 9.59 Å². The monoisotopic (exact) mass is 346 g/mol. The van der Waals surface area contributed by atoms with Gasteiger partial charge in [0.1, 0.15) is 12.7 Å². The van der Waals surface area contributed by atoms with Crippen LogP contribution < -0.4 is 20.1 Å². The first-order valence-electron chi connectivity index (χ1n) is 7.68. The molecule has 1 aromatic heterocycles. The second kappa shape index (κ2) is 7.83. The van der Waals surface area contributed by atoms with E-state index in [0.717, 1.165) is 5.75 Å². The molecule has 0 saturated heterocycles. The van der Waals surface area contributed by atoms with Crippen LogP contribution in [0, 0.1) is 0 Å². The molecule has 0 bridgehead atoms. The summed E-state index contributed by atoms with van der Waals surface area (Å²) in [5.74, 6) is 1.11. The third kappa shape index (κ3) is 4.26. The third-order valence-electron chi connectivity index (χ3n) is 3.52. The summed E-state index contributed by atoms with van der Waals surface area (Å²) in [5.41, 5.74) is 0.617. The Morgan fingerprint density at radius 2 is 2.00 bits per heavy atom. The summed E-state index contributed by atoms with van der Waals surface area (Å²) in [6.45, 7) is 1.06. The van der Waals surface area contributed by atoms with Gasteiger partial charge >= 0.3 is 0 Å². The summed E-state index contributed by atoms with van der Waals surface area (Å²) >= 11 is 1.46. The smallest absolute Gasteiger partial charge is 0.252 e. The SMILES string of the molecule is O=C(CCNC(=O)c1ccsc1)NC[C@@H]1COc2ccccc2O1. The molecule has 1 aliphatic heterocycles. The number of fused-ring (bicyclic) bond motifs is 1. The van der Waals surface area contributed by atoms with E-state index in [0.29, 0.717) is 31.0 Å². The molecule has 2 amide bonds. The highest BCUT2D eigenvalue weighted by Gasteiger charge is 2.20. The Kier molecular flexibility index (Phi) is 5.32. The lowest BCUT2D eigenvalue weighted by Gasteiger charge is -2.26. The van der Waals surface area contributed by atoms with Gasteiger partial charge in [0.25, 0.3) is 5.91 Å². The Morgan fingerprint density at radius 3 is 2.79 bits per heavy atom. The number of thiophene rings is 1. The van der Waals surface area contributed by atoms with Crippen molar-refractivity contribution >= 4 is 23.2 Å². The Balaban J connectivity index is 1.35. The lowest BCUT2D eigenvalue weighted by Crippen LogP contribution is -2.41. The highest BCUT2D eigenvalue weighted by Crippen LogP contribution is 2.30. The number of hydrogen-bond donors (Lipinski definition) is 2. The Labute approximate surface area is 143 Å². The maximum atomic E-state index is 11.8. The Hall–Kier alpha value is -2.54. The maximum Gasteiger partial charge on any atom is 0.252 e. The van der Waals surface area contributed by atoms with Gasteiger partial charge in [0.2, 0.25) is 5.91 Å². The summed E-state index contributed by atoms with van der Waals surface area (Å²) in [4.78, 5) is 23.6. The van der Waals surface area contributed by atoms with E-state index in [4.69, 9.17) is 9.47 Å². The van der Waals surface area contributed by atoms with Crippen molar-refractivity contribution < 1.29 is 19.1 Å². The van der Waals surface area contributed by atoms with Gasteiger partial charge in [-0.2, -0.15) is 11.3 Å². The van der Waals surface area contributed by atoms with E-state index >= 15 is 0 Å². The van der Waals surface area contributed by atoms with Gasteiger partial charge in [-0.15, -0.1) is 0 Å². The first-order valence-corrected chi connectivity index (χ1v) is 8.62. The van der Waals surface area contributed by atoms with Crippen LogP contribution in [0.25, 0.3) is 0 Å². The zero-order chi connectivity index (χ0) is 16.8. The van der Waals surface area contributed by atoms with Crippen molar-refractivity contribution in [2.45, 2.75) is 12.5 Å². The van der Waals surface area contributed by atoms with E-state index in [1.807, 2.05) is 29.6 Å². The molecule has 0 unspecified atom stereocenters. The fraction of sp³-hybridized carbons (Fsp3) is 0.294. The highest BCUT2D eigenvalue weighted by molar-refractivity contribution is 7.08. The number of hydrogen-bond acceptors (Lipinski definition) is 5. The van der Waals surface area contributed by atoms with Gasteiger partial charge in [-0.1, -0.05) is 12.1 Å². The van der Waals surface area contributed by atoms with Gasteiger partial charge in [-0.05, 0) is 23.6 Å². The molecule has 0 aliphatic carbocycles. The van der Waals surface area contributed by atoms with E-state index in [-0.39, 0.29) is 24.3 Å². The van der Waals surface area contributed by atoms with Crippen LogP contribution in [-0.4, -0.2) is 37.6 Å². The largest absolute Gasteiger partial charge is 0.486 e. The zero-order valence-electron chi connectivity index (χ0n) is 13.0. The quantitative estimate of drug-likeness (QED) is 0.837. The first kappa shape index (κ1) is 16.3. The molecule has 0 radical (unpaired) electrons. The molecular formula is C17H18N2O4S. The highest BCUT2D eigenvalue weighted by atomic mass is 32.1. The minimum atomic E-state index is -0.218. The van der Waals surface area contributed by atoms with Crippen molar-refractivity contribution in [1.82, 2.24) is 10.6 Å². The average molecular weight is 346 g/mol. The second-order valence-electron chi connectivity index (χ2n) is 5.32. The number of carbonyl (C=O) groups excluding carboxylic acids is 2. The molecule has 0 fully saturated rings. The summed E-state index contributed by atoms with van der Waals surface area (Å²) in [5, 5.41) is 9.13. The van der Waals surface area contributed by atoms with Gasteiger partial charge in [0, 0.05) is 23.9 Å². The molecule has 0 spiro atoms. The standard InChI is InChI=1S/C17H18N2O4S/c20-16(5-7-18-17(21)12-6-8-24-11-12)19-9-13-10-22-14-3-1-2-4-15(14)23-13/h1-4,6,8,11,13H,5,7,9-10H2,(H,18,21)(H,19,20)/t13-/m1/s1. The Bertz CT molecular complexity index is 702. The minimum absolute atomic E-state index is 0.136. The van der Waals surface area contributed by atoms with E-state index in [2.05, 4.69) is 10.6 Å². The summed E-state index contributed by atoms with van der Waals surface area (Å²) in [7, 11) is 0. The van der Waals surface area contributed by atoms with Crippen LogP contribution in [0.4, 0.5) is 0 Å². The number of ether oxygens (including phenoxy) is 2. The molecule has 2 aromatic rings. The fourth-order valence-electron chi connectivity index (χ4n) is 2.27. The van der Waals surface area contributed by atoms with Crippen LogP contribution in [0.1, 0.15) is 16.8 Å². The molecular weight excluding hydrogens is 328 g/mol. The number of nitrogens with one attached hydrogen (secondary N) is 2. The minimum Gasteiger partial charge on any atom is -0.486 e. The molecule has 1 atom stereocenters. The van der Waals surface area contributed by atoms with Crippen molar-refractivity contribution in [3.63, 3.8) is 0 Å². The maximum absolute atomic E-state index is 11.8. The number of benzene rings is 1. The molecule has 1 aliphatic rings. The topological polar surface area (TPSA) is 76.7 Å². The number of amides is 2. The average Bonchev–Trinajstić information content (AvgIpc) is 3.14. The predicted octanol–water partition coefficient (Wildman–Crippen LogP) is 1.82. The molecule has 126 valence electrons. The van der Waals surface area contributed by atoms with Crippen LogP contribution in [0.5, 0.6) is 11.5 Å². The van der Waals surface area contributed by atoms with Crippen LogP contribution in [0.2, 0.25) is 0 Å². The van der Waals surface area contributed by atoms with E-state index in [1.165, 1.54) is 11.3 Å². The fourth-order valence-corrected chi connectivity index (χ4v) is 2.90. The zero-order valence-corrected chi connectivity index (χ0v) is 13.8. The van der Waals surface area contributed by atoms with Crippen LogP contribution in [0.3, 0.4) is 0 Å². The summed E-state index contributed by atoms with van der Waals surface area (Å²) < 4.78 is 11.4. The molecule has 2 N–H and O–H groups in total. The van der Waals surface area contributed by atoms with Crippen molar-refractivity contribution in [2.75, 3.05) is 19.7 Å². The van der Waals surface area contributed by atoms with Crippen molar-refractivity contribution in [3.8, 4) is 11.5 Å². The number of carbonyl (C=O) groups is 2. The Morgan fingerprint density at radius 1 is 1.17 bits per heavy atom.